The Hall–Kier alpha value is -3.56. The van der Waals surface area contributed by atoms with Gasteiger partial charge in [0.1, 0.15) is 18.3 Å². The minimum atomic E-state index is -4.15. The zero-order valence-electron chi connectivity index (χ0n) is 24.1. The van der Waals surface area contributed by atoms with E-state index in [2.05, 4.69) is 5.32 Å². The summed E-state index contributed by atoms with van der Waals surface area (Å²) in [5.41, 5.74) is 1.96. The number of hydrogen-bond acceptors (Lipinski definition) is 5. The van der Waals surface area contributed by atoms with Gasteiger partial charge in [-0.1, -0.05) is 55.3 Å². The summed E-state index contributed by atoms with van der Waals surface area (Å²) >= 11 is 6.07. The molecule has 0 heterocycles. The van der Waals surface area contributed by atoms with Crippen molar-refractivity contribution in [1.29, 1.82) is 0 Å². The number of carbonyl (C=O) groups is 2. The topological polar surface area (TPSA) is 96.0 Å². The van der Waals surface area contributed by atoms with Crippen LogP contribution in [0.15, 0.2) is 77.7 Å². The molecule has 8 nitrogen and oxygen atoms in total. The monoisotopic (exact) mass is 599 g/mol. The second-order valence-electron chi connectivity index (χ2n) is 9.91. The number of aryl methyl sites for hydroxylation is 1. The highest BCUT2D eigenvalue weighted by Crippen LogP contribution is 2.27. The average molecular weight is 600 g/mol. The number of methoxy groups -OCH3 is 1. The van der Waals surface area contributed by atoms with Gasteiger partial charge in [-0.3, -0.25) is 13.9 Å². The lowest BCUT2D eigenvalue weighted by molar-refractivity contribution is -0.140. The molecule has 220 valence electrons. The van der Waals surface area contributed by atoms with Crippen molar-refractivity contribution in [2.75, 3.05) is 18.0 Å². The molecule has 2 atom stereocenters. The van der Waals surface area contributed by atoms with Gasteiger partial charge in [-0.05, 0) is 80.8 Å². The number of nitrogens with zero attached hydrogens (tertiary/aromatic N) is 2. The molecule has 3 aromatic rings. The SMILES string of the molecule is CC[C@@H](C)NC(=O)[C@@H](CC)N(Cc1ccc(Cl)cc1)C(=O)CN(c1ccc(OC)cc1)S(=O)(=O)c1ccc(C)cc1. The van der Waals surface area contributed by atoms with Gasteiger partial charge in [-0.2, -0.15) is 0 Å². The average Bonchev–Trinajstić information content (AvgIpc) is 2.96. The molecule has 0 aromatic heterocycles. The molecule has 0 radical (unpaired) electrons. The fourth-order valence-electron chi connectivity index (χ4n) is 4.26. The van der Waals surface area contributed by atoms with Gasteiger partial charge in [-0.25, -0.2) is 8.42 Å². The predicted octanol–water partition coefficient (Wildman–Crippen LogP) is 5.57. The molecule has 0 aliphatic rings. The minimum Gasteiger partial charge on any atom is -0.497 e. The van der Waals surface area contributed by atoms with E-state index in [0.717, 1.165) is 21.9 Å². The molecule has 0 aliphatic heterocycles. The number of sulfonamides is 1. The summed E-state index contributed by atoms with van der Waals surface area (Å²) in [7, 11) is -2.63. The van der Waals surface area contributed by atoms with Gasteiger partial charge in [0.05, 0.1) is 17.7 Å². The molecule has 0 bridgehead atoms. The summed E-state index contributed by atoms with van der Waals surface area (Å²) in [6.45, 7) is 7.14. The Balaban J connectivity index is 2.05. The standard InChI is InChI=1S/C31H38ClN3O5S/c1-6-23(4)33-31(37)29(7-2)34(20-24-10-12-25(32)13-11-24)30(36)21-35(26-14-16-27(40-5)17-15-26)41(38,39)28-18-8-22(3)9-19-28/h8-19,23,29H,6-7,20-21H2,1-5H3,(H,33,37)/t23-,29-/m1/s1. The van der Waals surface area contributed by atoms with Gasteiger partial charge in [0.2, 0.25) is 11.8 Å². The van der Waals surface area contributed by atoms with E-state index in [4.69, 9.17) is 16.3 Å². The lowest BCUT2D eigenvalue weighted by Crippen LogP contribution is -2.53. The van der Waals surface area contributed by atoms with Crippen LogP contribution in [-0.4, -0.2) is 50.9 Å². The maximum atomic E-state index is 14.1. The first kappa shape index (κ1) is 32.0. The van der Waals surface area contributed by atoms with E-state index in [1.54, 1.807) is 60.7 Å². The Morgan fingerprint density at radius 2 is 1.54 bits per heavy atom. The minimum absolute atomic E-state index is 0.0533. The summed E-state index contributed by atoms with van der Waals surface area (Å²) in [5, 5.41) is 3.51. The van der Waals surface area contributed by atoms with Crippen molar-refractivity contribution in [3.63, 3.8) is 0 Å². The zero-order valence-corrected chi connectivity index (χ0v) is 25.7. The van der Waals surface area contributed by atoms with E-state index in [1.807, 2.05) is 27.7 Å². The number of nitrogens with one attached hydrogen (secondary N) is 1. The molecular weight excluding hydrogens is 562 g/mol. The number of benzene rings is 3. The third-order valence-electron chi connectivity index (χ3n) is 6.90. The third kappa shape index (κ3) is 8.24. The van der Waals surface area contributed by atoms with Crippen LogP contribution in [-0.2, 0) is 26.2 Å². The van der Waals surface area contributed by atoms with Gasteiger partial charge in [0.15, 0.2) is 0 Å². The van der Waals surface area contributed by atoms with E-state index in [9.17, 15) is 18.0 Å². The summed E-state index contributed by atoms with van der Waals surface area (Å²) < 4.78 is 34.2. The fourth-order valence-corrected chi connectivity index (χ4v) is 5.80. The van der Waals surface area contributed by atoms with E-state index in [0.29, 0.717) is 22.9 Å². The smallest absolute Gasteiger partial charge is 0.264 e. The van der Waals surface area contributed by atoms with Crippen molar-refractivity contribution in [2.24, 2.45) is 0 Å². The highest BCUT2D eigenvalue weighted by molar-refractivity contribution is 7.92. The van der Waals surface area contributed by atoms with E-state index < -0.39 is 28.5 Å². The van der Waals surface area contributed by atoms with Crippen LogP contribution in [0.25, 0.3) is 0 Å². The van der Waals surface area contributed by atoms with Crippen molar-refractivity contribution >= 4 is 39.1 Å². The number of rotatable bonds is 13. The van der Waals surface area contributed by atoms with Crippen LogP contribution >= 0.6 is 11.6 Å². The first-order chi connectivity index (χ1) is 19.5. The Bertz CT molecular complexity index is 1410. The molecule has 0 aliphatic carbocycles. The lowest BCUT2D eigenvalue weighted by Gasteiger charge is -2.33. The Labute approximate surface area is 248 Å². The molecule has 3 rings (SSSR count). The maximum absolute atomic E-state index is 14.1. The van der Waals surface area contributed by atoms with E-state index in [1.165, 1.54) is 24.1 Å². The largest absolute Gasteiger partial charge is 0.497 e. The van der Waals surface area contributed by atoms with Crippen molar-refractivity contribution in [3.05, 3.63) is 88.9 Å². The second kappa shape index (κ2) is 14.4. The molecule has 3 aromatic carbocycles. The van der Waals surface area contributed by atoms with Crippen LogP contribution in [0.2, 0.25) is 5.02 Å². The first-order valence-corrected chi connectivity index (χ1v) is 15.4. The Kier molecular flexibility index (Phi) is 11.2. The Morgan fingerprint density at radius 3 is 2.07 bits per heavy atom. The summed E-state index contributed by atoms with van der Waals surface area (Å²) in [5.74, 6) is -0.260. The first-order valence-electron chi connectivity index (χ1n) is 13.6. The van der Waals surface area contributed by atoms with Gasteiger partial charge in [0.25, 0.3) is 10.0 Å². The number of halogens is 1. The van der Waals surface area contributed by atoms with Crippen LogP contribution in [0, 0.1) is 6.92 Å². The van der Waals surface area contributed by atoms with Crippen LogP contribution in [0.1, 0.15) is 44.7 Å². The van der Waals surface area contributed by atoms with Crippen LogP contribution < -0.4 is 14.4 Å². The fraction of sp³-hybridized carbons (Fsp3) is 0.355. The number of anilines is 1. The zero-order chi connectivity index (χ0) is 30.2. The summed E-state index contributed by atoms with van der Waals surface area (Å²) in [4.78, 5) is 28.9. The Morgan fingerprint density at radius 1 is 0.927 bits per heavy atom. The lowest BCUT2D eigenvalue weighted by atomic mass is 10.1. The highest BCUT2D eigenvalue weighted by Gasteiger charge is 2.34. The van der Waals surface area contributed by atoms with Gasteiger partial charge in [0, 0.05) is 17.6 Å². The molecule has 0 unspecified atom stereocenters. The van der Waals surface area contributed by atoms with Crippen molar-refractivity contribution in [2.45, 2.75) is 64.1 Å². The van der Waals surface area contributed by atoms with Crippen LogP contribution in [0.5, 0.6) is 5.75 Å². The second-order valence-corrected chi connectivity index (χ2v) is 12.2. The maximum Gasteiger partial charge on any atom is 0.264 e. The number of amides is 2. The molecule has 41 heavy (non-hydrogen) atoms. The molecule has 1 N–H and O–H groups in total. The number of hydrogen-bond donors (Lipinski definition) is 1. The molecule has 10 heteroatoms. The molecule has 0 saturated heterocycles. The quantitative estimate of drug-likeness (QED) is 0.277. The summed E-state index contributed by atoms with van der Waals surface area (Å²) in [6, 6.07) is 19.0. The highest BCUT2D eigenvalue weighted by atomic mass is 35.5. The normalized spacial score (nSPS) is 12.7. The predicted molar refractivity (Wildman–Crippen MR) is 163 cm³/mol. The third-order valence-corrected chi connectivity index (χ3v) is 8.94. The van der Waals surface area contributed by atoms with Crippen molar-refractivity contribution in [1.82, 2.24) is 10.2 Å². The van der Waals surface area contributed by atoms with Crippen molar-refractivity contribution < 1.29 is 22.7 Å². The molecular formula is C31H38ClN3O5S. The van der Waals surface area contributed by atoms with Crippen LogP contribution in [0.4, 0.5) is 5.69 Å². The molecule has 0 spiro atoms. The van der Waals surface area contributed by atoms with Crippen molar-refractivity contribution in [3.8, 4) is 5.75 Å². The van der Waals surface area contributed by atoms with Gasteiger partial charge < -0.3 is 15.0 Å². The van der Waals surface area contributed by atoms with Gasteiger partial charge in [-0.15, -0.1) is 0 Å². The van der Waals surface area contributed by atoms with E-state index >= 15 is 0 Å². The van der Waals surface area contributed by atoms with Gasteiger partial charge >= 0.3 is 0 Å². The summed E-state index contributed by atoms with van der Waals surface area (Å²) in [6.07, 6.45) is 1.07. The number of ether oxygens (including phenoxy) is 1. The molecule has 2 amide bonds. The molecule has 0 saturated carbocycles. The number of carbonyl (C=O) groups excluding carboxylic acids is 2. The van der Waals surface area contributed by atoms with Crippen LogP contribution in [0.3, 0.4) is 0 Å². The van der Waals surface area contributed by atoms with E-state index in [-0.39, 0.29) is 23.4 Å². The molecule has 0 fully saturated rings.